The van der Waals surface area contributed by atoms with E-state index in [-0.39, 0.29) is 23.9 Å². The third kappa shape index (κ3) is 6.26. The SMILES string of the molecule is C=CC(=O)N1CCC(c2ccc(C(=O)Nc3nn(C)c4c3CN(C(=O)N[C@H](CN(C)C)c3ccccc3)C4(C)C)cc2)CC1. The Hall–Kier alpha value is -4.44. The molecule has 0 spiro atoms. The van der Waals surface area contributed by atoms with Crippen LogP contribution in [-0.2, 0) is 23.9 Å². The average Bonchev–Trinajstić information content (AvgIpc) is 3.49. The predicted molar refractivity (Wildman–Crippen MR) is 171 cm³/mol. The molecular weight excluding hydrogens is 554 g/mol. The quantitative estimate of drug-likeness (QED) is 0.369. The highest BCUT2D eigenvalue weighted by Crippen LogP contribution is 2.42. The van der Waals surface area contributed by atoms with Gasteiger partial charge in [0, 0.05) is 37.8 Å². The molecule has 0 unspecified atom stereocenters. The van der Waals surface area contributed by atoms with Crippen molar-refractivity contribution in [2.75, 3.05) is 39.0 Å². The Bertz CT molecular complexity index is 1520. The number of nitrogens with one attached hydrogen (secondary N) is 2. The van der Waals surface area contributed by atoms with E-state index in [1.165, 1.54) is 6.08 Å². The lowest BCUT2D eigenvalue weighted by Crippen LogP contribution is -2.49. The number of carbonyl (C=O) groups is 3. The molecular formula is C34H43N7O3. The van der Waals surface area contributed by atoms with E-state index in [1.807, 2.05) is 99.4 Å². The number of amides is 4. The first-order valence-corrected chi connectivity index (χ1v) is 15.2. The number of carbonyl (C=O) groups excluding carboxylic acids is 3. The molecule has 1 fully saturated rings. The van der Waals surface area contributed by atoms with Gasteiger partial charge in [0.2, 0.25) is 5.91 Å². The lowest BCUT2D eigenvalue weighted by molar-refractivity contribution is -0.127. The molecule has 1 atom stereocenters. The largest absolute Gasteiger partial charge is 0.339 e. The Morgan fingerprint density at radius 3 is 2.34 bits per heavy atom. The normalized spacial score (nSPS) is 16.9. The van der Waals surface area contributed by atoms with Crippen molar-refractivity contribution in [1.29, 1.82) is 0 Å². The van der Waals surface area contributed by atoms with Crippen molar-refractivity contribution in [2.45, 2.75) is 50.7 Å². The molecule has 3 heterocycles. The van der Waals surface area contributed by atoms with E-state index in [4.69, 9.17) is 0 Å². The Morgan fingerprint density at radius 2 is 1.73 bits per heavy atom. The van der Waals surface area contributed by atoms with Gasteiger partial charge < -0.3 is 25.3 Å². The number of aromatic nitrogens is 2. The third-order valence-electron chi connectivity index (χ3n) is 8.87. The molecule has 0 radical (unpaired) electrons. The molecule has 2 aliphatic heterocycles. The molecule has 232 valence electrons. The van der Waals surface area contributed by atoms with Crippen molar-refractivity contribution in [3.8, 4) is 0 Å². The van der Waals surface area contributed by atoms with Gasteiger partial charge in [0.05, 0.1) is 23.8 Å². The first-order valence-electron chi connectivity index (χ1n) is 15.2. The van der Waals surface area contributed by atoms with Crippen molar-refractivity contribution < 1.29 is 14.4 Å². The van der Waals surface area contributed by atoms with Crippen LogP contribution in [0.15, 0.2) is 67.3 Å². The molecule has 0 aliphatic carbocycles. The van der Waals surface area contributed by atoms with Gasteiger partial charge in [-0.15, -0.1) is 0 Å². The average molecular weight is 598 g/mol. The van der Waals surface area contributed by atoms with E-state index in [9.17, 15) is 14.4 Å². The first kappa shape index (κ1) is 31.0. The number of urea groups is 1. The number of benzene rings is 2. The van der Waals surface area contributed by atoms with Crippen LogP contribution in [0.4, 0.5) is 10.6 Å². The van der Waals surface area contributed by atoms with Crippen molar-refractivity contribution in [1.82, 2.24) is 29.8 Å². The number of hydrogen-bond donors (Lipinski definition) is 2. The molecule has 0 saturated carbocycles. The van der Waals surface area contributed by atoms with Gasteiger partial charge in [-0.1, -0.05) is 49.0 Å². The van der Waals surface area contributed by atoms with Crippen molar-refractivity contribution in [3.05, 3.63) is 95.2 Å². The number of fused-ring (bicyclic) bond motifs is 1. The van der Waals surface area contributed by atoms with Gasteiger partial charge in [-0.2, -0.15) is 5.10 Å². The van der Waals surface area contributed by atoms with Crippen LogP contribution >= 0.6 is 0 Å². The standard InChI is InChI=1S/C34H43N7O3/c1-7-29(42)40-19-17-24(18-20-40)23-13-15-26(16-14-23)32(43)36-31-27-21-41(34(2,3)30(27)39(6)37-31)33(44)35-28(22-38(4)5)25-11-9-8-10-12-25/h7-16,24,28H,1,17-22H2,2-6H3,(H,35,44)(H,36,37,43)/t28-/m1/s1. The molecule has 1 aromatic heterocycles. The second-order valence-corrected chi connectivity index (χ2v) is 12.5. The number of nitrogens with zero attached hydrogens (tertiary/aromatic N) is 5. The summed E-state index contributed by atoms with van der Waals surface area (Å²) in [5.41, 5.74) is 3.83. The number of piperidine rings is 1. The zero-order chi connectivity index (χ0) is 31.6. The fraction of sp³-hybridized carbons (Fsp3) is 0.412. The van der Waals surface area contributed by atoms with Crippen LogP contribution in [0.25, 0.3) is 0 Å². The topological polar surface area (TPSA) is 103 Å². The molecule has 10 nitrogen and oxygen atoms in total. The van der Waals surface area contributed by atoms with Crippen LogP contribution < -0.4 is 10.6 Å². The van der Waals surface area contributed by atoms with Gasteiger partial charge in [-0.25, -0.2) is 4.79 Å². The van der Waals surface area contributed by atoms with E-state index >= 15 is 0 Å². The van der Waals surface area contributed by atoms with Crippen LogP contribution in [0.2, 0.25) is 0 Å². The van der Waals surface area contributed by atoms with Crippen molar-refractivity contribution in [3.63, 3.8) is 0 Å². The zero-order valence-electron chi connectivity index (χ0n) is 26.3. The number of likely N-dealkylation sites (tertiary alicyclic amines) is 1. The van der Waals surface area contributed by atoms with E-state index < -0.39 is 5.54 Å². The summed E-state index contributed by atoms with van der Waals surface area (Å²) in [6, 6.07) is 17.3. The molecule has 0 bridgehead atoms. The third-order valence-corrected chi connectivity index (χ3v) is 8.87. The number of aryl methyl sites for hydroxylation is 1. The molecule has 3 aromatic rings. The van der Waals surface area contributed by atoms with E-state index in [0.29, 0.717) is 43.5 Å². The highest BCUT2D eigenvalue weighted by molar-refractivity contribution is 6.04. The molecule has 4 amide bonds. The van der Waals surface area contributed by atoms with Crippen LogP contribution in [0.5, 0.6) is 0 Å². The highest BCUT2D eigenvalue weighted by atomic mass is 16.2. The minimum atomic E-state index is -0.642. The summed E-state index contributed by atoms with van der Waals surface area (Å²) in [7, 11) is 5.82. The molecule has 5 rings (SSSR count). The van der Waals surface area contributed by atoms with Gasteiger partial charge in [-0.3, -0.25) is 14.3 Å². The van der Waals surface area contributed by atoms with Crippen LogP contribution in [0.3, 0.4) is 0 Å². The Balaban J connectivity index is 1.27. The second-order valence-electron chi connectivity index (χ2n) is 12.5. The van der Waals surface area contributed by atoms with E-state index in [0.717, 1.165) is 35.2 Å². The molecule has 10 heteroatoms. The van der Waals surface area contributed by atoms with Gasteiger partial charge >= 0.3 is 6.03 Å². The summed E-state index contributed by atoms with van der Waals surface area (Å²) in [5, 5.41) is 10.9. The van der Waals surface area contributed by atoms with Gasteiger partial charge in [0.1, 0.15) is 0 Å². The molecule has 1 saturated heterocycles. The minimum absolute atomic E-state index is 0.0238. The lowest BCUT2D eigenvalue weighted by Gasteiger charge is -2.34. The summed E-state index contributed by atoms with van der Waals surface area (Å²) < 4.78 is 1.76. The maximum absolute atomic E-state index is 13.7. The summed E-state index contributed by atoms with van der Waals surface area (Å²) >= 11 is 0. The van der Waals surface area contributed by atoms with Gasteiger partial charge in [0.15, 0.2) is 5.82 Å². The van der Waals surface area contributed by atoms with Crippen LogP contribution in [0, 0.1) is 0 Å². The van der Waals surface area contributed by atoms with E-state index in [1.54, 1.807) is 4.68 Å². The maximum Gasteiger partial charge on any atom is 0.319 e. The second kappa shape index (κ2) is 12.7. The highest BCUT2D eigenvalue weighted by Gasteiger charge is 2.45. The molecule has 2 N–H and O–H groups in total. The van der Waals surface area contributed by atoms with E-state index in [2.05, 4.69) is 27.2 Å². The first-order chi connectivity index (χ1) is 21.0. The number of anilines is 1. The molecule has 2 aromatic carbocycles. The number of likely N-dealkylation sites (N-methyl/N-ethyl adjacent to an activating group) is 1. The monoisotopic (exact) mass is 597 g/mol. The Morgan fingerprint density at radius 1 is 1.07 bits per heavy atom. The Kier molecular flexibility index (Phi) is 8.92. The summed E-state index contributed by atoms with van der Waals surface area (Å²) in [6.07, 6.45) is 3.13. The van der Waals surface area contributed by atoms with Crippen molar-refractivity contribution in [2.24, 2.45) is 7.05 Å². The number of hydrogen-bond acceptors (Lipinski definition) is 5. The van der Waals surface area contributed by atoms with Gasteiger partial charge in [-0.05, 0) is 76.0 Å². The summed E-state index contributed by atoms with van der Waals surface area (Å²) in [5.74, 6) is 0.537. The number of rotatable bonds is 8. The zero-order valence-corrected chi connectivity index (χ0v) is 26.3. The smallest absolute Gasteiger partial charge is 0.319 e. The fourth-order valence-electron chi connectivity index (χ4n) is 6.55. The van der Waals surface area contributed by atoms with Crippen LogP contribution in [-0.4, -0.2) is 76.1 Å². The molecule has 2 aliphatic rings. The predicted octanol–water partition coefficient (Wildman–Crippen LogP) is 4.63. The summed E-state index contributed by atoms with van der Waals surface area (Å²) in [4.78, 5) is 44.7. The van der Waals surface area contributed by atoms with Crippen molar-refractivity contribution >= 4 is 23.7 Å². The van der Waals surface area contributed by atoms with Crippen LogP contribution in [0.1, 0.15) is 71.4 Å². The molecule has 44 heavy (non-hydrogen) atoms. The summed E-state index contributed by atoms with van der Waals surface area (Å²) in [6.45, 7) is 9.99. The lowest BCUT2D eigenvalue weighted by atomic mass is 9.89. The Labute approximate surface area is 259 Å². The van der Waals surface area contributed by atoms with Gasteiger partial charge in [0.25, 0.3) is 5.91 Å². The maximum atomic E-state index is 13.7. The fourth-order valence-corrected chi connectivity index (χ4v) is 6.55. The minimum Gasteiger partial charge on any atom is -0.339 e.